The van der Waals surface area contributed by atoms with Gasteiger partial charge in [0.05, 0.1) is 15.8 Å². The van der Waals surface area contributed by atoms with Crippen LogP contribution in [-0.2, 0) is 22.0 Å². The first-order valence-electron chi connectivity index (χ1n) is 8.91. The number of sulfonamides is 1. The molecule has 2 heterocycles. The predicted octanol–water partition coefficient (Wildman–Crippen LogP) is 4.88. The van der Waals surface area contributed by atoms with Crippen molar-refractivity contribution in [3.63, 3.8) is 0 Å². The Morgan fingerprint density at radius 1 is 1.29 bits per heavy atom. The molecule has 1 fully saturated rings. The van der Waals surface area contributed by atoms with Gasteiger partial charge in [-0.15, -0.1) is 0 Å². The molecule has 0 spiro atoms. The third-order valence-electron chi connectivity index (χ3n) is 5.40. The van der Waals surface area contributed by atoms with E-state index in [0.717, 1.165) is 11.1 Å². The maximum atomic E-state index is 14.2. The molecular formula is C20H20BrClFNO3S. The van der Waals surface area contributed by atoms with Crippen molar-refractivity contribution in [2.45, 2.75) is 43.6 Å². The number of fused-ring (bicyclic) bond motifs is 1. The fourth-order valence-corrected chi connectivity index (χ4v) is 5.98. The van der Waals surface area contributed by atoms with E-state index >= 15 is 0 Å². The van der Waals surface area contributed by atoms with Crippen molar-refractivity contribution in [2.75, 3.05) is 6.54 Å². The molecule has 0 aromatic heterocycles. The Bertz CT molecular complexity index is 1060. The summed E-state index contributed by atoms with van der Waals surface area (Å²) >= 11 is 9.45. The average molecular weight is 489 g/mol. The first-order valence-corrected chi connectivity index (χ1v) is 11.5. The van der Waals surface area contributed by atoms with Crippen LogP contribution in [0.2, 0.25) is 5.02 Å². The molecule has 2 aliphatic heterocycles. The minimum Gasteiger partial charge on any atom is -0.480 e. The first-order chi connectivity index (χ1) is 13.0. The molecule has 2 aromatic rings. The van der Waals surface area contributed by atoms with Crippen molar-refractivity contribution in [1.29, 1.82) is 0 Å². The zero-order valence-corrected chi connectivity index (χ0v) is 18.8. The van der Waals surface area contributed by atoms with Gasteiger partial charge in [0.25, 0.3) is 0 Å². The van der Waals surface area contributed by atoms with Gasteiger partial charge in [0.2, 0.25) is 10.0 Å². The van der Waals surface area contributed by atoms with E-state index in [-0.39, 0.29) is 11.1 Å². The molecule has 0 amide bonds. The molecule has 3 atom stereocenters. The molecule has 0 saturated carbocycles. The Kier molecular flexibility index (Phi) is 4.62. The highest BCUT2D eigenvalue weighted by atomic mass is 79.9. The summed E-state index contributed by atoms with van der Waals surface area (Å²) in [6.45, 7) is 5.41. The van der Waals surface area contributed by atoms with Gasteiger partial charge in [-0.25, -0.2) is 12.8 Å². The predicted molar refractivity (Wildman–Crippen MR) is 111 cm³/mol. The standard InChI is InChI=1S/C20H20BrClFNO3S/c1-19(2,3)28(25,26)24-11-16(24)20(12-7-5-4-6-8-12)10-13-15(27-20)9-14(23)18(22)17(13)21/h4-9,16H,10-11H2,1-3H3. The zero-order valence-electron chi connectivity index (χ0n) is 15.7. The third kappa shape index (κ3) is 2.90. The molecule has 2 aromatic carbocycles. The Morgan fingerprint density at radius 2 is 1.93 bits per heavy atom. The molecule has 4 rings (SSSR count). The van der Waals surface area contributed by atoms with E-state index in [2.05, 4.69) is 15.9 Å². The van der Waals surface area contributed by atoms with E-state index < -0.39 is 26.2 Å². The van der Waals surface area contributed by atoms with Gasteiger partial charge in [-0.1, -0.05) is 41.9 Å². The maximum absolute atomic E-state index is 14.2. The number of rotatable bonds is 3. The molecule has 4 nitrogen and oxygen atoms in total. The lowest BCUT2D eigenvalue weighted by Gasteiger charge is -2.31. The quantitative estimate of drug-likeness (QED) is 0.457. The van der Waals surface area contributed by atoms with Gasteiger partial charge >= 0.3 is 0 Å². The van der Waals surface area contributed by atoms with Crippen LogP contribution in [0.15, 0.2) is 40.9 Å². The third-order valence-corrected chi connectivity index (χ3v) is 9.45. The van der Waals surface area contributed by atoms with Crippen LogP contribution >= 0.6 is 27.5 Å². The van der Waals surface area contributed by atoms with Crippen LogP contribution in [0.5, 0.6) is 5.75 Å². The fraction of sp³-hybridized carbons (Fsp3) is 0.400. The highest BCUT2D eigenvalue weighted by Gasteiger charge is 2.63. The van der Waals surface area contributed by atoms with Crippen LogP contribution in [0.25, 0.3) is 0 Å². The molecule has 0 radical (unpaired) electrons. The summed E-state index contributed by atoms with van der Waals surface area (Å²) in [5, 5.41) is 0.00109. The highest BCUT2D eigenvalue weighted by molar-refractivity contribution is 9.10. The Morgan fingerprint density at radius 3 is 2.54 bits per heavy atom. The van der Waals surface area contributed by atoms with Crippen molar-refractivity contribution >= 4 is 37.6 Å². The molecule has 150 valence electrons. The SMILES string of the molecule is CC(C)(C)S(=O)(=O)N1CC1C1(c2ccccc2)Cc2c(cc(F)c(Cl)c2Br)O1. The summed E-state index contributed by atoms with van der Waals surface area (Å²) in [6.07, 6.45) is 0.397. The summed E-state index contributed by atoms with van der Waals surface area (Å²) in [5.41, 5.74) is 0.670. The second-order valence-corrected chi connectivity index (χ2v) is 12.0. The van der Waals surface area contributed by atoms with Gasteiger partial charge in [0.15, 0.2) is 5.60 Å². The summed E-state index contributed by atoms with van der Waals surface area (Å²) in [5.74, 6) is -0.191. The lowest BCUT2D eigenvalue weighted by molar-refractivity contribution is 0.0831. The minimum atomic E-state index is -3.51. The van der Waals surface area contributed by atoms with E-state index in [1.54, 1.807) is 20.8 Å². The molecule has 28 heavy (non-hydrogen) atoms. The molecule has 8 heteroatoms. The minimum absolute atomic E-state index is 0.00109. The summed E-state index contributed by atoms with van der Waals surface area (Å²) in [6, 6.07) is 10.4. The second-order valence-electron chi connectivity index (χ2n) is 8.20. The van der Waals surface area contributed by atoms with E-state index in [9.17, 15) is 12.8 Å². The Hall–Kier alpha value is -1.15. The fourth-order valence-electron chi connectivity index (χ4n) is 3.74. The molecule has 0 aliphatic carbocycles. The van der Waals surface area contributed by atoms with E-state index in [1.807, 2.05) is 30.3 Å². The zero-order chi connectivity index (χ0) is 20.5. The van der Waals surface area contributed by atoms with Gasteiger partial charge in [-0.05, 0) is 42.3 Å². The average Bonchev–Trinajstić information content (AvgIpc) is 3.36. The molecule has 3 unspecified atom stereocenters. The number of halogens is 3. The van der Waals surface area contributed by atoms with Gasteiger partial charge in [-0.2, -0.15) is 4.31 Å². The monoisotopic (exact) mass is 487 g/mol. The highest BCUT2D eigenvalue weighted by Crippen LogP contribution is 2.53. The smallest absolute Gasteiger partial charge is 0.219 e. The first kappa shape index (κ1) is 20.1. The number of nitrogens with zero attached hydrogens (tertiary/aromatic N) is 1. The molecule has 0 bridgehead atoms. The normalized spacial score (nSPS) is 26.6. The lowest BCUT2D eigenvalue weighted by atomic mass is 9.86. The molecule has 1 saturated heterocycles. The van der Waals surface area contributed by atoms with Crippen LogP contribution in [0.1, 0.15) is 31.9 Å². The van der Waals surface area contributed by atoms with Crippen LogP contribution in [-0.4, -0.2) is 30.1 Å². The summed E-state index contributed by atoms with van der Waals surface area (Å²) in [4.78, 5) is 0. The van der Waals surface area contributed by atoms with Crippen LogP contribution < -0.4 is 4.74 Å². The molecular weight excluding hydrogens is 469 g/mol. The van der Waals surface area contributed by atoms with E-state index in [0.29, 0.717) is 23.2 Å². The van der Waals surface area contributed by atoms with Gasteiger partial charge in [-0.3, -0.25) is 0 Å². The van der Waals surface area contributed by atoms with Crippen molar-refractivity contribution in [1.82, 2.24) is 4.31 Å². The Labute approximate surface area is 177 Å². The van der Waals surface area contributed by atoms with Crippen molar-refractivity contribution in [3.05, 3.63) is 62.8 Å². The largest absolute Gasteiger partial charge is 0.480 e. The maximum Gasteiger partial charge on any atom is 0.219 e. The number of benzene rings is 2. The molecule has 2 aliphatic rings. The van der Waals surface area contributed by atoms with Gasteiger partial charge < -0.3 is 4.74 Å². The summed E-state index contributed by atoms with van der Waals surface area (Å²) < 4.78 is 47.5. The van der Waals surface area contributed by atoms with E-state index in [1.165, 1.54) is 10.4 Å². The van der Waals surface area contributed by atoms with Crippen molar-refractivity contribution < 1.29 is 17.5 Å². The van der Waals surface area contributed by atoms with E-state index in [4.69, 9.17) is 16.3 Å². The second kappa shape index (κ2) is 6.42. The topological polar surface area (TPSA) is 46.4 Å². The Balaban J connectivity index is 1.81. The summed E-state index contributed by atoms with van der Waals surface area (Å²) in [7, 11) is -3.51. The lowest BCUT2D eigenvalue weighted by Crippen LogP contribution is -2.43. The van der Waals surface area contributed by atoms with Crippen LogP contribution in [0.3, 0.4) is 0 Å². The van der Waals surface area contributed by atoms with Crippen LogP contribution in [0, 0.1) is 5.82 Å². The number of hydrogen-bond acceptors (Lipinski definition) is 3. The number of hydrogen-bond donors (Lipinski definition) is 0. The molecule has 0 N–H and O–H groups in total. The van der Waals surface area contributed by atoms with Crippen molar-refractivity contribution in [3.8, 4) is 5.75 Å². The van der Waals surface area contributed by atoms with Crippen LogP contribution in [0.4, 0.5) is 4.39 Å². The number of ether oxygens (including phenoxy) is 1. The van der Waals surface area contributed by atoms with Crippen molar-refractivity contribution in [2.24, 2.45) is 0 Å². The van der Waals surface area contributed by atoms with Gasteiger partial charge in [0, 0.05) is 29.1 Å². The van der Waals surface area contributed by atoms with Gasteiger partial charge in [0.1, 0.15) is 11.6 Å².